The maximum absolute atomic E-state index is 13.5. The number of esters is 1. The third-order valence-corrected chi connectivity index (χ3v) is 3.24. The molecule has 2 rings (SSSR count). The van der Waals surface area contributed by atoms with Crippen molar-refractivity contribution in [1.82, 2.24) is 15.1 Å². The van der Waals surface area contributed by atoms with E-state index in [2.05, 4.69) is 20.5 Å². The number of carbonyl (C=O) groups excluding carboxylic acids is 2. The van der Waals surface area contributed by atoms with E-state index < -0.39 is 23.4 Å². The standard InChI is InChI=1S/C16H17F3N4O3/c1-3-26-15(25)12-8-21-23(14(12)16(17,18)19)11-6-4-5-10(7-11)22-13(24)9-20-2/h4-8,20H,3,9H2,1-2H3,(H,22,24). The van der Waals surface area contributed by atoms with E-state index in [4.69, 9.17) is 0 Å². The second-order valence-corrected chi connectivity index (χ2v) is 5.17. The molecule has 0 fully saturated rings. The molecule has 0 aliphatic carbocycles. The van der Waals surface area contributed by atoms with Crippen LogP contribution in [0.25, 0.3) is 5.69 Å². The molecule has 140 valence electrons. The van der Waals surface area contributed by atoms with E-state index in [1.165, 1.54) is 31.2 Å². The Labute approximate surface area is 147 Å². The Balaban J connectivity index is 2.45. The predicted molar refractivity (Wildman–Crippen MR) is 87.1 cm³/mol. The normalized spacial score (nSPS) is 11.3. The van der Waals surface area contributed by atoms with Gasteiger partial charge in [-0.05, 0) is 32.2 Å². The Morgan fingerprint density at radius 2 is 2.04 bits per heavy atom. The first kappa shape index (κ1) is 19.4. The van der Waals surface area contributed by atoms with Crippen molar-refractivity contribution in [2.75, 3.05) is 25.5 Å². The van der Waals surface area contributed by atoms with Gasteiger partial charge in [0.25, 0.3) is 0 Å². The SMILES string of the molecule is CCOC(=O)c1cnn(-c2cccc(NC(=O)CNC)c2)c1C(F)(F)F. The second-order valence-electron chi connectivity index (χ2n) is 5.17. The highest BCUT2D eigenvalue weighted by atomic mass is 19.4. The molecule has 1 aromatic carbocycles. The van der Waals surface area contributed by atoms with Crippen LogP contribution in [-0.2, 0) is 15.7 Å². The number of anilines is 1. The lowest BCUT2D eigenvalue weighted by molar-refractivity contribution is -0.143. The molecule has 2 aromatic rings. The zero-order valence-corrected chi connectivity index (χ0v) is 14.1. The zero-order valence-electron chi connectivity index (χ0n) is 14.1. The highest BCUT2D eigenvalue weighted by Gasteiger charge is 2.41. The summed E-state index contributed by atoms with van der Waals surface area (Å²) in [5.74, 6) is -1.46. The third kappa shape index (κ3) is 4.39. The van der Waals surface area contributed by atoms with Gasteiger partial charge in [0.2, 0.25) is 5.91 Å². The minimum Gasteiger partial charge on any atom is -0.462 e. The summed E-state index contributed by atoms with van der Waals surface area (Å²) in [5, 5.41) is 8.89. The number of hydrogen-bond donors (Lipinski definition) is 2. The van der Waals surface area contributed by atoms with Crippen LogP contribution in [0.4, 0.5) is 18.9 Å². The number of ether oxygens (including phenoxy) is 1. The molecule has 0 aliphatic heterocycles. The molecule has 0 spiro atoms. The molecule has 10 heteroatoms. The van der Waals surface area contributed by atoms with Crippen molar-refractivity contribution in [3.05, 3.63) is 41.7 Å². The summed E-state index contributed by atoms with van der Waals surface area (Å²) in [7, 11) is 1.59. The Kier molecular flexibility index (Phi) is 5.98. The van der Waals surface area contributed by atoms with Gasteiger partial charge in [-0.2, -0.15) is 18.3 Å². The topological polar surface area (TPSA) is 85.2 Å². The van der Waals surface area contributed by atoms with Gasteiger partial charge in [0.05, 0.1) is 25.0 Å². The van der Waals surface area contributed by atoms with Crippen molar-refractivity contribution in [2.24, 2.45) is 0 Å². The van der Waals surface area contributed by atoms with Gasteiger partial charge >= 0.3 is 12.1 Å². The Hall–Kier alpha value is -2.88. The molecule has 1 heterocycles. The van der Waals surface area contributed by atoms with Crippen molar-refractivity contribution in [2.45, 2.75) is 13.1 Å². The molecule has 26 heavy (non-hydrogen) atoms. The predicted octanol–water partition coefficient (Wildman–Crippen LogP) is 2.23. The van der Waals surface area contributed by atoms with Crippen LogP contribution >= 0.6 is 0 Å². The maximum atomic E-state index is 13.5. The molecule has 1 amide bonds. The second kappa shape index (κ2) is 8.00. The number of carbonyl (C=O) groups is 2. The van der Waals surface area contributed by atoms with Gasteiger partial charge in [-0.15, -0.1) is 0 Å². The van der Waals surface area contributed by atoms with Gasteiger partial charge in [0.15, 0.2) is 5.69 Å². The molecular weight excluding hydrogens is 353 g/mol. The number of nitrogens with zero attached hydrogens (tertiary/aromatic N) is 2. The van der Waals surface area contributed by atoms with Crippen molar-refractivity contribution < 1.29 is 27.5 Å². The molecule has 0 saturated heterocycles. The molecule has 0 bridgehead atoms. The first-order valence-corrected chi connectivity index (χ1v) is 7.65. The quantitative estimate of drug-likeness (QED) is 0.762. The number of halogens is 3. The molecule has 0 saturated carbocycles. The molecular formula is C16H17F3N4O3. The molecule has 0 radical (unpaired) electrons. The summed E-state index contributed by atoms with van der Waals surface area (Å²) in [4.78, 5) is 23.4. The van der Waals surface area contributed by atoms with Gasteiger partial charge < -0.3 is 15.4 Å². The van der Waals surface area contributed by atoms with E-state index in [9.17, 15) is 22.8 Å². The number of amides is 1. The van der Waals surface area contributed by atoms with E-state index in [-0.39, 0.29) is 24.7 Å². The number of rotatable bonds is 6. The summed E-state index contributed by atoms with van der Waals surface area (Å²) in [6.07, 6.45) is -4.02. The molecule has 1 aromatic heterocycles. The average Bonchev–Trinajstić information content (AvgIpc) is 3.01. The molecule has 0 aliphatic rings. The number of likely N-dealkylation sites (N-methyl/N-ethyl adjacent to an activating group) is 1. The average molecular weight is 370 g/mol. The number of hydrogen-bond acceptors (Lipinski definition) is 5. The van der Waals surface area contributed by atoms with Crippen LogP contribution in [0, 0.1) is 0 Å². The van der Waals surface area contributed by atoms with Crippen molar-refractivity contribution >= 4 is 17.6 Å². The van der Waals surface area contributed by atoms with Crippen LogP contribution < -0.4 is 10.6 Å². The van der Waals surface area contributed by atoms with Gasteiger partial charge in [0.1, 0.15) is 5.56 Å². The summed E-state index contributed by atoms with van der Waals surface area (Å²) >= 11 is 0. The van der Waals surface area contributed by atoms with Gasteiger partial charge in [-0.25, -0.2) is 9.48 Å². The van der Waals surface area contributed by atoms with E-state index >= 15 is 0 Å². The maximum Gasteiger partial charge on any atom is 0.434 e. The van der Waals surface area contributed by atoms with Crippen LogP contribution in [-0.4, -0.2) is 41.9 Å². The lowest BCUT2D eigenvalue weighted by atomic mass is 10.2. The minimum absolute atomic E-state index is 0.0372. The largest absolute Gasteiger partial charge is 0.462 e. The lowest BCUT2D eigenvalue weighted by Crippen LogP contribution is -2.25. The fourth-order valence-electron chi connectivity index (χ4n) is 2.26. The summed E-state index contributed by atoms with van der Waals surface area (Å²) in [6.45, 7) is 1.48. The fraction of sp³-hybridized carbons (Fsp3) is 0.312. The van der Waals surface area contributed by atoms with Gasteiger partial charge in [0, 0.05) is 5.69 Å². The van der Waals surface area contributed by atoms with E-state index in [1.54, 1.807) is 7.05 Å². The Bertz CT molecular complexity index is 802. The number of nitrogens with one attached hydrogen (secondary N) is 2. The first-order valence-electron chi connectivity index (χ1n) is 7.65. The molecule has 7 nitrogen and oxygen atoms in total. The molecule has 0 unspecified atom stereocenters. The van der Waals surface area contributed by atoms with E-state index in [0.29, 0.717) is 10.4 Å². The third-order valence-electron chi connectivity index (χ3n) is 3.24. The minimum atomic E-state index is -4.83. The Morgan fingerprint density at radius 1 is 1.31 bits per heavy atom. The van der Waals surface area contributed by atoms with Gasteiger partial charge in [-0.1, -0.05) is 6.07 Å². The number of alkyl halides is 3. The van der Waals surface area contributed by atoms with Crippen LogP contribution in [0.15, 0.2) is 30.5 Å². The summed E-state index contributed by atoms with van der Waals surface area (Å²) in [5.41, 5.74) is -1.59. The first-order chi connectivity index (χ1) is 12.3. The summed E-state index contributed by atoms with van der Waals surface area (Å²) in [6, 6.07) is 5.70. The highest BCUT2D eigenvalue weighted by molar-refractivity contribution is 5.92. The van der Waals surface area contributed by atoms with Crippen LogP contribution in [0.2, 0.25) is 0 Å². The lowest BCUT2D eigenvalue weighted by Gasteiger charge is -2.13. The van der Waals surface area contributed by atoms with Crippen LogP contribution in [0.1, 0.15) is 23.0 Å². The van der Waals surface area contributed by atoms with E-state index in [1.807, 2.05) is 0 Å². The number of benzene rings is 1. The number of aromatic nitrogens is 2. The van der Waals surface area contributed by atoms with E-state index in [0.717, 1.165) is 6.20 Å². The molecule has 0 atom stereocenters. The zero-order chi connectivity index (χ0) is 19.3. The van der Waals surface area contributed by atoms with Crippen molar-refractivity contribution in [3.63, 3.8) is 0 Å². The monoisotopic (exact) mass is 370 g/mol. The van der Waals surface area contributed by atoms with Crippen molar-refractivity contribution in [1.29, 1.82) is 0 Å². The highest BCUT2D eigenvalue weighted by Crippen LogP contribution is 2.34. The van der Waals surface area contributed by atoms with Crippen LogP contribution in [0.5, 0.6) is 0 Å². The fourth-order valence-corrected chi connectivity index (χ4v) is 2.26. The summed E-state index contributed by atoms with van der Waals surface area (Å²) < 4.78 is 45.7. The van der Waals surface area contributed by atoms with Gasteiger partial charge in [-0.3, -0.25) is 4.79 Å². The van der Waals surface area contributed by atoms with Crippen LogP contribution in [0.3, 0.4) is 0 Å². The Morgan fingerprint density at radius 3 is 2.65 bits per heavy atom. The smallest absolute Gasteiger partial charge is 0.434 e. The van der Waals surface area contributed by atoms with Crippen molar-refractivity contribution in [3.8, 4) is 5.69 Å². The molecule has 2 N–H and O–H groups in total.